The standard InChI is InChI=1S/C11H17ClN4OSi/c1-18(2,3)5-4-17-8-16-7-14-10-9(16)6-13-11(12)15-10/h6-7H,4-5,8H2,1-3H3. The minimum Gasteiger partial charge on any atom is -0.361 e. The molecule has 2 aromatic heterocycles. The van der Waals surface area contributed by atoms with Gasteiger partial charge in [0.05, 0.1) is 12.5 Å². The number of hydrogen-bond donors (Lipinski definition) is 0. The lowest BCUT2D eigenvalue weighted by Crippen LogP contribution is -2.21. The normalized spacial score (nSPS) is 12.2. The number of fused-ring (bicyclic) bond motifs is 1. The van der Waals surface area contributed by atoms with Crippen molar-refractivity contribution < 1.29 is 4.74 Å². The van der Waals surface area contributed by atoms with E-state index in [0.29, 0.717) is 12.4 Å². The van der Waals surface area contributed by atoms with Gasteiger partial charge in [-0.25, -0.2) is 9.97 Å². The van der Waals surface area contributed by atoms with Gasteiger partial charge in [0.1, 0.15) is 12.2 Å². The van der Waals surface area contributed by atoms with Gasteiger partial charge in [0, 0.05) is 14.7 Å². The second-order valence-electron chi connectivity index (χ2n) is 5.41. The number of nitrogens with zero attached hydrogens (tertiary/aromatic N) is 4. The minimum atomic E-state index is -1.03. The number of aromatic nitrogens is 4. The van der Waals surface area contributed by atoms with Gasteiger partial charge in [0.25, 0.3) is 0 Å². The molecule has 0 aliphatic heterocycles. The van der Waals surface area contributed by atoms with Gasteiger partial charge in [0.15, 0.2) is 5.65 Å². The van der Waals surface area contributed by atoms with Crippen molar-refractivity contribution in [3.63, 3.8) is 0 Å². The molecule has 0 spiro atoms. The zero-order valence-electron chi connectivity index (χ0n) is 10.9. The molecule has 0 amide bonds. The predicted molar refractivity (Wildman–Crippen MR) is 74.4 cm³/mol. The summed E-state index contributed by atoms with van der Waals surface area (Å²) in [4.78, 5) is 12.2. The highest BCUT2D eigenvalue weighted by Gasteiger charge is 2.12. The van der Waals surface area contributed by atoms with Gasteiger partial charge in [-0.2, -0.15) is 4.98 Å². The number of ether oxygens (including phenoxy) is 1. The van der Waals surface area contributed by atoms with Gasteiger partial charge >= 0.3 is 0 Å². The predicted octanol–water partition coefficient (Wildman–Crippen LogP) is 2.79. The van der Waals surface area contributed by atoms with E-state index < -0.39 is 8.07 Å². The van der Waals surface area contributed by atoms with E-state index in [1.807, 2.05) is 4.57 Å². The average Bonchev–Trinajstić information content (AvgIpc) is 2.65. The molecule has 0 bridgehead atoms. The first kappa shape index (κ1) is 13.4. The Kier molecular flexibility index (Phi) is 3.99. The summed E-state index contributed by atoms with van der Waals surface area (Å²) in [6.07, 6.45) is 3.36. The summed E-state index contributed by atoms with van der Waals surface area (Å²) < 4.78 is 7.55. The molecule has 5 nitrogen and oxygen atoms in total. The molecule has 2 heterocycles. The van der Waals surface area contributed by atoms with Crippen molar-refractivity contribution in [2.24, 2.45) is 0 Å². The van der Waals surface area contributed by atoms with Crippen LogP contribution in [0.25, 0.3) is 11.2 Å². The molecular formula is C11H17ClN4OSi. The van der Waals surface area contributed by atoms with Crippen LogP contribution in [0.15, 0.2) is 12.5 Å². The van der Waals surface area contributed by atoms with Crippen LogP contribution in [0.3, 0.4) is 0 Å². The second kappa shape index (κ2) is 5.34. The van der Waals surface area contributed by atoms with Crippen LogP contribution < -0.4 is 0 Å². The minimum absolute atomic E-state index is 0.215. The molecule has 0 radical (unpaired) electrons. The van der Waals surface area contributed by atoms with Crippen LogP contribution in [0.5, 0.6) is 0 Å². The lowest BCUT2D eigenvalue weighted by Gasteiger charge is -2.15. The summed E-state index contributed by atoms with van der Waals surface area (Å²) in [7, 11) is -1.03. The molecule has 0 fully saturated rings. The maximum atomic E-state index is 5.71. The topological polar surface area (TPSA) is 52.8 Å². The molecule has 0 saturated heterocycles. The first-order valence-corrected chi connectivity index (χ1v) is 9.95. The molecule has 18 heavy (non-hydrogen) atoms. The maximum absolute atomic E-state index is 5.71. The van der Waals surface area contributed by atoms with Crippen molar-refractivity contribution in [1.82, 2.24) is 19.5 Å². The summed E-state index contributed by atoms with van der Waals surface area (Å²) in [5.74, 6) is 0. The van der Waals surface area contributed by atoms with E-state index in [0.717, 1.165) is 18.2 Å². The fourth-order valence-corrected chi connectivity index (χ4v) is 2.36. The summed E-state index contributed by atoms with van der Waals surface area (Å²) in [6, 6.07) is 1.15. The average molecular weight is 285 g/mol. The Balaban J connectivity index is 1.96. The van der Waals surface area contributed by atoms with Gasteiger partial charge in [-0.05, 0) is 17.6 Å². The van der Waals surface area contributed by atoms with Crippen molar-refractivity contribution in [3.8, 4) is 0 Å². The Morgan fingerprint density at radius 1 is 1.33 bits per heavy atom. The quantitative estimate of drug-likeness (QED) is 0.481. The third kappa shape index (κ3) is 3.50. The van der Waals surface area contributed by atoms with Crippen molar-refractivity contribution >= 4 is 30.8 Å². The lowest BCUT2D eigenvalue weighted by molar-refractivity contribution is 0.0898. The summed E-state index contributed by atoms with van der Waals surface area (Å²) in [6.45, 7) is 8.26. The van der Waals surface area contributed by atoms with E-state index in [1.165, 1.54) is 0 Å². The van der Waals surface area contributed by atoms with E-state index in [1.54, 1.807) is 12.5 Å². The van der Waals surface area contributed by atoms with E-state index in [4.69, 9.17) is 16.3 Å². The summed E-state index contributed by atoms with van der Waals surface area (Å²) in [5.41, 5.74) is 1.44. The van der Waals surface area contributed by atoms with Crippen LogP contribution in [0.2, 0.25) is 31.0 Å². The van der Waals surface area contributed by atoms with Crippen LogP contribution in [0, 0.1) is 0 Å². The highest BCUT2D eigenvalue weighted by atomic mass is 35.5. The number of rotatable bonds is 5. The van der Waals surface area contributed by atoms with E-state index in [-0.39, 0.29) is 5.28 Å². The largest absolute Gasteiger partial charge is 0.361 e. The Hall–Kier alpha value is -0.983. The highest BCUT2D eigenvalue weighted by Crippen LogP contribution is 2.12. The molecule has 0 aliphatic rings. The van der Waals surface area contributed by atoms with Gasteiger partial charge in [-0.15, -0.1) is 0 Å². The van der Waals surface area contributed by atoms with E-state index in [2.05, 4.69) is 34.6 Å². The number of hydrogen-bond acceptors (Lipinski definition) is 4. The molecule has 2 rings (SSSR count). The molecule has 0 aliphatic carbocycles. The van der Waals surface area contributed by atoms with Gasteiger partial charge in [-0.3, -0.25) is 0 Å². The molecular weight excluding hydrogens is 268 g/mol. The van der Waals surface area contributed by atoms with Crippen molar-refractivity contribution in [2.75, 3.05) is 6.61 Å². The van der Waals surface area contributed by atoms with E-state index >= 15 is 0 Å². The van der Waals surface area contributed by atoms with Crippen LogP contribution in [0.4, 0.5) is 0 Å². The molecule has 0 unspecified atom stereocenters. The monoisotopic (exact) mass is 284 g/mol. The van der Waals surface area contributed by atoms with E-state index in [9.17, 15) is 0 Å². The Morgan fingerprint density at radius 2 is 2.11 bits per heavy atom. The van der Waals surface area contributed by atoms with Crippen molar-refractivity contribution in [2.45, 2.75) is 32.4 Å². The zero-order chi connectivity index (χ0) is 13.2. The van der Waals surface area contributed by atoms with Crippen LogP contribution in [0.1, 0.15) is 0 Å². The van der Waals surface area contributed by atoms with Crippen molar-refractivity contribution in [1.29, 1.82) is 0 Å². The summed E-state index contributed by atoms with van der Waals surface area (Å²) in [5, 5.41) is 0.215. The Morgan fingerprint density at radius 3 is 2.83 bits per heavy atom. The SMILES string of the molecule is C[Si](C)(C)CCOCn1cnc2nc(Cl)ncc21. The zero-order valence-corrected chi connectivity index (χ0v) is 12.6. The van der Waals surface area contributed by atoms with Crippen LogP contribution >= 0.6 is 11.6 Å². The molecule has 0 aromatic carbocycles. The van der Waals surface area contributed by atoms with Gasteiger partial charge < -0.3 is 9.30 Å². The molecule has 2 aromatic rings. The first-order chi connectivity index (χ1) is 8.46. The number of imidazole rings is 1. The lowest BCUT2D eigenvalue weighted by atomic mass is 10.5. The van der Waals surface area contributed by atoms with Gasteiger partial charge in [-0.1, -0.05) is 19.6 Å². The van der Waals surface area contributed by atoms with Crippen LogP contribution in [-0.4, -0.2) is 34.2 Å². The molecule has 0 saturated carbocycles. The maximum Gasteiger partial charge on any atom is 0.224 e. The smallest absolute Gasteiger partial charge is 0.224 e. The molecule has 98 valence electrons. The third-order valence-corrected chi connectivity index (χ3v) is 4.46. The van der Waals surface area contributed by atoms with Crippen molar-refractivity contribution in [3.05, 3.63) is 17.8 Å². The molecule has 0 N–H and O–H groups in total. The third-order valence-electron chi connectivity index (χ3n) is 2.58. The van der Waals surface area contributed by atoms with Gasteiger partial charge in [0.2, 0.25) is 5.28 Å². The second-order valence-corrected chi connectivity index (χ2v) is 11.4. The molecule has 7 heteroatoms. The Bertz CT molecular complexity index is 537. The summed E-state index contributed by atoms with van der Waals surface area (Å²) >= 11 is 5.71. The highest BCUT2D eigenvalue weighted by molar-refractivity contribution is 6.76. The fourth-order valence-electron chi connectivity index (χ4n) is 1.47. The Labute approximate surface area is 112 Å². The first-order valence-electron chi connectivity index (χ1n) is 5.87. The molecule has 0 atom stereocenters. The number of halogens is 1. The van der Waals surface area contributed by atoms with Crippen LogP contribution in [-0.2, 0) is 11.5 Å². The fraction of sp³-hybridized carbons (Fsp3) is 0.545.